The molecule has 1 rings (SSSR count). The van der Waals surface area contributed by atoms with Crippen molar-refractivity contribution in [2.24, 2.45) is 10.6 Å². The lowest BCUT2D eigenvalue weighted by Gasteiger charge is -2.30. The van der Waals surface area contributed by atoms with Gasteiger partial charge in [0, 0.05) is 11.5 Å². The summed E-state index contributed by atoms with van der Waals surface area (Å²) in [6.45, 7) is 4.11. The second-order valence-electron chi connectivity index (χ2n) is 4.88. The van der Waals surface area contributed by atoms with Crippen molar-refractivity contribution in [2.75, 3.05) is 12.4 Å². The number of hydrogen-bond acceptors (Lipinski definition) is 3. The lowest BCUT2D eigenvalue weighted by molar-refractivity contribution is 0.154. The fourth-order valence-corrected chi connectivity index (χ4v) is 3.56. The van der Waals surface area contributed by atoms with Crippen LogP contribution < -0.4 is 9.88 Å². The number of nitrogens with two attached hydrogens (primary N) is 1. The number of hydrogen-bond donors (Lipinski definition) is 1. The van der Waals surface area contributed by atoms with Gasteiger partial charge in [0.05, 0.1) is 22.4 Å². The summed E-state index contributed by atoms with van der Waals surface area (Å²) in [5.74, 6) is 0.453. The summed E-state index contributed by atoms with van der Waals surface area (Å²) >= 11 is 11.7. The van der Waals surface area contributed by atoms with Crippen LogP contribution >= 0.6 is 23.2 Å². The van der Waals surface area contributed by atoms with Gasteiger partial charge in [0.2, 0.25) is 10.0 Å². The molecule has 0 aliphatic rings. The summed E-state index contributed by atoms with van der Waals surface area (Å²) in [6.07, 6.45) is 1.31. The molecule has 4 nitrogen and oxygen atoms in total. The van der Waals surface area contributed by atoms with Crippen LogP contribution in [0.4, 0.5) is 0 Å². The van der Waals surface area contributed by atoms with Crippen molar-refractivity contribution in [3.05, 3.63) is 28.2 Å². The van der Waals surface area contributed by atoms with Crippen molar-refractivity contribution >= 4 is 33.2 Å². The minimum atomic E-state index is -3.55. The first-order valence-corrected chi connectivity index (χ1v) is 8.77. The molecule has 1 aromatic carbocycles. The second-order valence-corrected chi connectivity index (χ2v) is 7.31. The summed E-state index contributed by atoms with van der Waals surface area (Å²) in [5, 5.41) is 6.01. The molecule has 0 bridgehead atoms. The van der Waals surface area contributed by atoms with Crippen molar-refractivity contribution < 1.29 is 13.2 Å². The molecule has 0 fully saturated rings. The number of rotatable bonds is 7. The van der Waals surface area contributed by atoms with Gasteiger partial charge >= 0.3 is 0 Å². The fourth-order valence-electron chi connectivity index (χ4n) is 1.93. The molecule has 0 atom stereocenters. The van der Waals surface area contributed by atoms with Gasteiger partial charge in [-0.1, -0.05) is 37.0 Å². The highest BCUT2D eigenvalue weighted by atomic mass is 35.5. The van der Waals surface area contributed by atoms with Crippen molar-refractivity contribution in [2.45, 2.75) is 26.7 Å². The maximum Gasteiger partial charge on any atom is 0.209 e. The Balaban J connectivity index is 2.83. The second kappa shape index (κ2) is 6.98. The number of primary sulfonamides is 1. The van der Waals surface area contributed by atoms with E-state index in [1.165, 1.54) is 0 Å². The first-order chi connectivity index (χ1) is 9.21. The minimum absolute atomic E-state index is 0.103. The van der Waals surface area contributed by atoms with Crippen LogP contribution in [-0.2, 0) is 10.0 Å². The zero-order chi connectivity index (χ0) is 15.4. The normalized spacial score (nSPS) is 12.4. The highest BCUT2D eigenvalue weighted by Crippen LogP contribution is 2.31. The first-order valence-electron chi connectivity index (χ1n) is 6.29. The Morgan fingerprint density at radius 1 is 1.20 bits per heavy atom. The summed E-state index contributed by atoms with van der Waals surface area (Å²) in [5.41, 5.74) is -0.500. The van der Waals surface area contributed by atoms with Crippen LogP contribution in [0, 0.1) is 5.41 Å². The highest BCUT2D eigenvalue weighted by molar-refractivity contribution is 7.89. The van der Waals surface area contributed by atoms with E-state index in [-0.39, 0.29) is 12.4 Å². The van der Waals surface area contributed by atoms with E-state index in [0.717, 1.165) is 0 Å². The van der Waals surface area contributed by atoms with Gasteiger partial charge in [-0.2, -0.15) is 0 Å². The first kappa shape index (κ1) is 17.6. The van der Waals surface area contributed by atoms with Crippen LogP contribution in [0.3, 0.4) is 0 Å². The standard InChI is InChI=1S/C13H19Cl2NO3S/c1-3-13(4-2,9-20(16,17)18)8-19-10-5-6-11(14)12(15)7-10/h5-7H,3-4,8-9H2,1-2H3,(H2,16,17,18). The van der Waals surface area contributed by atoms with Crippen LogP contribution in [0.2, 0.25) is 10.0 Å². The Morgan fingerprint density at radius 3 is 2.25 bits per heavy atom. The van der Waals surface area contributed by atoms with Gasteiger partial charge in [0.1, 0.15) is 5.75 Å². The molecular weight excluding hydrogens is 321 g/mol. The molecule has 0 saturated carbocycles. The molecule has 0 saturated heterocycles. The molecule has 1 aromatic rings. The fraction of sp³-hybridized carbons (Fsp3) is 0.538. The van der Waals surface area contributed by atoms with Gasteiger partial charge < -0.3 is 4.74 Å². The monoisotopic (exact) mass is 339 g/mol. The molecule has 0 spiro atoms. The Kier molecular flexibility index (Phi) is 6.13. The summed E-state index contributed by atoms with van der Waals surface area (Å²) in [7, 11) is -3.55. The van der Waals surface area contributed by atoms with Gasteiger partial charge in [-0.3, -0.25) is 0 Å². The molecule has 0 heterocycles. The molecule has 20 heavy (non-hydrogen) atoms. The molecule has 0 amide bonds. The minimum Gasteiger partial charge on any atom is -0.493 e. The van der Waals surface area contributed by atoms with E-state index >= 15 is 0 Å². The molecular formula is C13H19Cl2NO3S. The Bertz CT molecular complexity index is 557. The van der Waals surface area contributed by atoms with E-state index in [0.29, 0.717) is 28.6 Å². The van der Waals surface area contributed by atoms with Crippen LogP contribution in [0.15, 0.2) is 18.2 Å². The third-order valence-corrected chi connectivity index (χ3v) is 5.20. The molecule has 7 heteroatoms. The van der Waals surface area contributed by atoms with E-state index in [2.05, 4.69) is 0 Å². The zero-order valence-electron chi connectivity index (χ0n) is 11.5. The molecule has 0 radical (unpaired) electrons. The lowest BCUT2D eigenvalue weighted by Crippen LogP contribution is -2.37. The Labute approximate surface area is 130 Å². The largest absolute Gasteiger partial charge is 0.493 e. The molecule has 0 aliphatic carbocycles. The van der Waals surface area contributed by atoms with Crippen molar-refractivity contribution in [3.8, 4) is 5.75 Å². The average Bonchev–Trinajstić information content (AvgIpc) is 2.37. The SMILES string of the molecule is CCC(CC)(COc1ccc(Cl)c(Cl)c1)CS(N)(=O)=O. The predicted octanol–water partition coefficient (Wildman–Crippen LogP) is 3.47. The number of ether oxygens (including phenoxy) is 1. The van der Waals surface area contributed by atoms with Crippen molar-refractivity contribution in [3.63, 3.8) is 0 Å². The van der Waals surface area contributed by atoms with Crippen LogP contribution in [-0.4, -0.2) is 20.8 Å². The lowest BCUT2D eigenvalue weighted by atomic mass is 9.85. The Hall–Kier alpha value is -0.490. The highest BCUT2D eigenvalue weighted by Gasteiger charge is 2.32. The van der Waals surface area contributed by atoms with E-state index in [1.54, 1.807) is 18.2 Å². The zero-order valence-corrected chi connectivity index (χ0v) is 13.9. The summed E-state index contributed by atoms with van der Waals surface area (Å²) < 4.78 is 28.4. The van der Waals surface area contributed by atoms with E-state index in [4.69, 9.17) is 33.1 Å². The van der Waals surface area contributed by atoms with Crippen LogP contribution in [0.1, 0.15) is 26.7 Å². The predicted molar refractivity (Wildman–Crippen MR) is 82.9 cm³/mol. The maximum absolute atomic E-state index is 11.4. The molecule has 114 valence electrons. The Morgan fingerprint density at radius 2 is 1.80 bits per heavy atom. The van der Waals surface area contributed by atoms with E-state index in [1.807, 2.05) is 13.8 Å². The van der Waals surface area contributed by atoms with Gasteiger partial charge in [0.25, 0.3) is 0 Å². The summed E-state index contributed by atoms with van der Waals surface area (Å²) in [4.78, 5) is 0. The molecule has 2 N–H and O–H groups in total. The van der Waals surface area contributed by atoms with Crippen LogP contribution in [0.5, 0.6) is 5.75 Å². The third kappa shape index (κ3) is 5.13. The van der Waals surface area contributed by atoms with Gasteiger partial charge in [-0.15, -0.1) is 0 Å². The van der Waals surface area contributed by atoms with Crippen molar-refractivity contribution in [1.82, 2.24) is 0 Å². The molecule has 0 aliphatic heterocycles. The molecule has 0 aromatic heterocycles. The topological polar surface area (TPSA) is 69.4 Å². The van der Waals surface area contributed by atoms with Gasteiger partial charge in [0.15, 0.2) is 0 Å². The van der Waals surface area contributed by atoms with Gasteiger partial charge in [-0.25, -0.2) is 13.6 Å². The molecule has 0 unspecified atom stereocenters. The third-order valence-electron chi connectivity index (χ3n) is 3.44. The summed E-state index contributed by atoms with van der Waals surface area (Å²) in [6, 6.07) is 4.94. The van der Waals surface area contributed by atoms with Crippen LogP contribution in [0.25, 0.3) is 0 Å². The average molecular weight is 340 g/mol. The number of benzene rings is 1. The number of sulfonamides is 1. The van der Waals surface area contributed by atoms with Crippen molar-refractivity contribution in [1.29, 1.82) is 0 Å². The maximum atomic E-state index is 11.4. The number of halogens is 2. The van der Waals surface area contributed by atoms with E-state index < -0.39 is 15.4 Å². The smallest absolute Gasteiger partial charge is 0.209 e. The van der Waals surface area contributed by atoms with E-state index in [9.17, 15) is 8.42 Å². The quantitative estimate of drug-likeness (QED) is 0.826. The van der Waals surface area contributed by atoms with Gasteiger partial charge in [-0.05, 0) is 25.0 Å².